The van der Waals surface area contributed by atoms with Crippen molar-refractivity contribution in [3.63, 3.8) is 0 Å². The SMILES string of the molecule is CCOC(=O)c1c(NC(=O)c2c(C)cnn2C)sc2c1CCN(CC)C2. The van der Waals surface area contributed by atoms with E-state index in [1.165, 1.54) is 11.3 Å². The zero-order valence-corrected chi connectivity index (χ0v) is 16.4. The number of anilines is 1. The molecule has 1 aliphatic heterocycles. The number of aryl methyl sites for hydroxylation is 2. The van der Waals surface area contributed by atoms with E-state index in [9.17, 15) is 9.59 Å². The third kappa shape index (κ3) is 3.39. The Morgan fingerprint density at radius 3 is 2.77 bits per heavy atom. The molecule has 0 saturated heterocycles. The number of fused-ring (bicyclic) bond motifs is 1. The molecule has 1 N–H and O–H groups in total. The van der Waals surface area contributed by atoms with E-state index in [0.717, 1.165) is 42.1 Å². The van der Waals surface area contributed by atoms with Crippen LogP contribution in [0.5, 0.6) is 0 Å². The Hall–Kier alpha value is -2.19. The molecule has 140 valence electrons. The van der Waals surface area contributed by atoms with Crippen molar-refractivity contribution in [3.05, 3.63) is 33.5 Å². The summed E-state index contributed by atoms with van der Waals surface area (Å²) in [6.45, 7) is 8.71. The van der Waals surface area contributed by atoms with Gasteiger partial charge < -0.3 is 10.1 Å². The summed E-state index contributed by atoms with van der Waals surface area (Å²) in [5.41, 5.74) is 2.80. The van der Waals surface area contributed by atoms with Gasteiger partial charge in [0.2, 0.25) is 0 Å². The lowest BCUT2D eigenvalue weighted by atomic mass is 10.0. The van der Waals surface area contributed by atoms with Gasteiger partial charge in [0.1, 0.15) is 10.7 Å². The number of rotatable bonds is 5. The van der Waals surface area contributed by atoms with E-state index in [0.29, 0.717) is 22.9 Å². The molecule has 1 amide bonds. The number of hydrogen-bond donors (Lipinski definition) is 1. The minimum Gasteiger partial charge on any atom is -0.462 e. The number of hydrogen-bond acceptors (Lipinski definition) is 6. The summed E-state index contributed by atoms with van der Waals surface area (Å²) in [5.74, 6) is -0.633. The average molecular weight is 376 g/mol. The highest BCUT2D eigenvalue weighted by Gasteiger charge is 2.29. The van der Waals surface area contributed by atoms with Gasteiger partial charge in [0.15, 0.2) is 0 Å². The summed E-state index contributed by atoms with van der Waals surface area (Å²) in [5, 5.41) is 7.60. The number of nitrogens with one attached hydrogen (secondary N) is 1. The first kappa shape index (κ1) is 18.6. The van der Waals surface area contributed by atoms with Gasteiger partial charge in [-0.05, 0) is 37.9 Å². The Labute approximate surface area is 156 Å². The zero-order chi connectivity index (χ0) is 18.8. The van der Waals surface area contributed by atoms with Crippen LogP contribution < -0.4 is 5.32 Å². The third-order valence-electron chi connectivity index (χ3n) is 4.63. The second kappa shape index (κ2) is 7.59. The molecule has 0 aromatic carbocycles. The molecule has 8 heteroatoms. The molecular formula is C18H24N4O3S. The van der Waals surface area contributed by atoms with Crippen LogP contribution in [0.25, 0.3) is 0 Å². The van der Waals surface area contributed by atoms with Crippen LogP contribution in [0.3, 0.4) is 0 Å². The molecule has 0 atom stereocenters. The Bertz CT molecular complexity index is 820. The zero-order valence-electron chi connectivity index (χ0n) is 15.6. The van der Waals surface area contributed by atoms with Gasteiger partial charge in [0.05, 0.1) is 18.4 Å². The lowest BCUT2D eigenvalue weighted by molar-refractivity contribution is 0.0526. The van der Waals surface area contributed by atoms with E-state index in [-0.39, 0.29) is 11.9 Å². The second-order valence-electron chi connectivity index (χ2n) is 6.30. The van der Waals surface area contributed by atoms with Crippen LogP contribution >= 0.6 is 11.3 Å². The number of aromatic nitrogens is 2. The molecule has 1 aliphatic rings. The number of thiophene rings is 1. The van der Waals surface area contributed by atoms with Crippen molar-refractivity contribution in [2.24, 2.45) is 7.05 Å². The van der Waals surface area contributed by atoms with Crippen LogP contribution in [0.4, 0.5) is 5.00 Å². The number of ether oxygens (including phenoxy) is 1. The number of carbonyl (C=O) groups excluding carboxylic acids is 2. The standard InChI is InChI=1S/C18H24N4O3S/c1-5-22-8-7-12-13(10-22)26-17(14(12)18(24)25-6-2)20-16(23)15-11(3)9-19-21(15)4/h9H,5-8,10H2,1-4H3,(H,20,23). The maximum Gasteiger partial charge on any atom is 0.341 e. The van der Waals surface area contributed by atoms with Crippen molar-refractivity contribution in [1.29, 1.82) is 0 Å². The fourth-order valence-electron chi connectivity index (χ4n) is 3.27. The molecule has 2 aromatic heterocycles. The van der Waals surface area contributed by atoms with E-state index < -0.39 is 0 Å². The van der Waals surface area contributed by atoms with Crippen molar-refractivity contribution in [2.45, 2.75) is 33.7 Å². The fraction of sp³-hybridized carbons (Fsp3) is 0.500. The van der Waals surface area contributed by atoms with Gasteiger partial charge in [-0.3, -0.25) is 14.4 Å². The van der Waals surface area contributed by atoms with E-state index in [1.54, 1.807) is 24.9 Å². The first-order valence-electron chi connectivity index (χ1n) is 8.80. The van der Waals surface area contributed by atoms with Crippen molar-refractivity contribution < 1.29 is 14.3 Å². The van der Waals surface area contributed by atoms with Gasteiger partial charge in [-0.15, -0.1) is 11.3 Å². The first-order chi connectivity index (χ1) is 12.5. The summed E-state index contributed by atoms with van der Waals surface area (Å²) in [4.78, 5) is 28.8. The molecule has 7 nitrogen and oxygen atoms in total. The van der Waals surface area contributed by atoms with Crippen LogP contribution in [0.1, 0.15) is 50.7 Å². The van der Waals surface area contributed by atoms with E-state index in [2.05, 4.69) is 22.2 Å². The highest BCUT2D eigenvalue weighted by atomic mass is 32.1. The van der Waals surface area contributed by atoms with Gasteiger partial charge >= 0.3 is 5.97 Å². The molecule has 0 aliphatic carbocycles. The smallest absolute Gasteiger partial charge is 0.341 e. The highest BCUT2D eigenvalue weighted by Crippen LogP contribution is 2.38. The van der Waals surface area contributed by atoms with Gasteiger partial charge in [-0.1, -0.05) is 6.92 Å². The van der Waals surface area contributed by atoms with Gasteiger partial charge in [-0.2, -0.15) is 5.10 Å². The Balaban J connectivity index is 1.97. The van der Waals surface area contributed by atoms with Crippen molar-refractivity contribution in [2.75, 3.05) is 25.0 Å². The lowest BCUT2D eigenvalue weighted by Crippen LogP contribution is -2.30. The number of amides is 1. The largest absolute Gasteiger partial charge is 0.462 e. The number of carbonyl (C=O) groups is 2. The Morgan fingerprint density at radius 1 is 1.38 bits per heavy atom. The van der Waals surface area contributed by atoms with E-state index in [1.807, 2.05) is 6.92 Å². The van der Waals surface area contributed by atoms with Crippen LogP contribution in [-0.2, 0) is 24.8 Å². The first-order valence-corrected chi connectivity index (χ1v) is 9.61. The summed E-state index contributed by atoms with van der Waals surface area (Å²) in [7, 11) is 1.73. The second-order valence-corrected chi connectivity index (χ2v) is 7.41. The maximum absolute atomic E-state index is 12.8. The highest BCUT2D eigenvalue weighted by molar-refractivity contribution is 7.17. The molecule has 0 saturated carbocycles. The molecule has 0 spiro atoms. The number of esters is 1. The van der Waals surface area contributed by atoms with Gasteiger partial charge in [0, 0.05) is 25.0 Å². The summed E-state index contributed by atoms with van der Waals surface area (Å²) in [6, 6.07) is 0. The van der Waals surface area contributed by atoms with Gasteiger partial charge in [0.25, 0.3) is 5.91 Å². The van der Waals surface area contributed by atoms with Crippen LogP contribution in [0, 0.1) is 6.92 Å². The molecule has 0 radical (unpaired) electrons. The monoisotopic (exact) mass is 376 g/mol. The Morgan fingerprint density at radius 2 is 2.15 bits per heavy atom. The van der Waals surface area contributed by atoms with Crippen molar-refractivity contribution in [1.82, 2.24) is 14.7 Å². The molecule has 3 rings (SSSR count). The number of likely N-dealkylation sites (N-methyl/N-ethyl adjacent to an activating group) is 1. The van der Waals surface area contributed by atoms with E-state index >= 15 is 0 Å². The van der Waals surface area contributed by atoms with Crippen LogP contribution in [0.2, 0.25) is 0 Å². The normalized spacial score (nSPS) is 14.2. The quantitative estimate of drug-likeness (QED) is 0.812. The molecule has 3 heterocycles. The maximum atomic E-state index is 12.8. The summed E-state index contributed by atoms with van der Waals surface area (Å²) >= 11 is 1.47. The van der Waals surface area contributed by atoms with Gasteiger partial charge in [-0.25, -0.2) is 4.79 Å². The summed E-state index contributed by atoms with van der Waals surface area (Å²) in [6.07, 6.45) is 2.44. The van der Waals surface area contributed by atoms with Crippen molar-refractivity contribution >= 4 is 28.2 Å². The summed E-state index contributed by atoms with van der Waals surface area (Å²) < 4.78 is 6.79. The van der Waals surface area contributed by atoms with Crippen LogP contribution in [0.15, 0.2) is 6.20 Å². The molecule has 2 aromatic rings. The van der Waals surface area contributed by atoms with Crippen molar-refractivity contribution in [3.8, 4) is 0 Å². The third-order valence-corrected chi connectivity index (χ3v) is 5.76. The molecular weight excluding hydrogens is 352 g/mol. The molecule has 0 bridgehead atoms. The Kier molecular flexibility index (Phi) is 5.43. The average Bonchev–Trinajstić information content (AvgIpc) is 3.13. The topological polar surface area (TPSA) is 76.5 Å². The molecule has 26 heavy (non-hydrogen) atoms. The predicted molar refractivity (Wildman–Crippen MR) is 101 cm³/mol. The molecule has 0 unspecified atom stereocenters. The van der Waals surface area contributed by atoms with Crippen LogP contribution in [-0.4, -0.2) is 46.3 Å². The molecule has 0 fully saturated rings. The minimum atomic E-state index is -0.369. The predicted octanol–water partition coefficient (Wildman–Crippen LogP) is 2.60. The number of nitrogens with zero attached hydrogens (tertiary/aromatic N) is 3. The fourth-order valence-corrected chi connectivity index (χ4v) is 4.54. The lowest BCUT2D eigenvalue weighted by Gasteiger charge is -2.25. The van der Waals surface area contributed by atoms with E-state index in [4.69, 9.17) is 4.74 Å². The minimum absolute atomic E-state index is 0.265.